The van der Waals surface area contributed by atoms with Gasteiger partial charge in [0.15, 0.2) is 5.76 Å². The number of halogens is 1. The SMILES string of the molecule is COc1ccc(-c2cnc(CN3CCCc4c(N)cccc43)o2)cc1.Cl. The highest BCUT2D eigenvalue weighted by molar-refractivity contribution is 5.85. The van der Waals surface area contributed by atoms with Crippen molar-refractivity contribution in [3.8, 4) is 17.1 Å². The van der Waals surface area contributed by atoms with Gasteiger partial charge in [0.1, 0.15) is 5.75 Å². The summed E-state index contributed by atoms with van der Waals surface area (Å²) >= 11 is 0. The van der Waals surface area contributed by atoms with E-state index < -0.39 is 0 Å². The van der Waals surface area contributed by atoms with Crippen LogP contribution in [-0.4, -0.2) is 18.6 Å². The van der Waals surface area contributed by atoms with Crippen LogP contribution in [0.2, 0.25) is 0 Å². The lowest BCUT2D eigenvalue weighted by atomic mass is 10.00. The van der Waals surface area contributed by atoms with Crippen molar-refractivity contribution in [1.29, 1.82) is 0 Å². The number of fused-ring (bicyclic) bond motifs is 1. The van der Waals surface area contributed by atoms with Crippen LogP contribution in [0.25, 0.3) is 11.3 Å². The minimum Gasteiger partial charge on any atom is -0.497 e. The first-order valence-corrected chi connectivity index (χ1v) is 8.46. The number of rotatable bonds is 4. The molecule has 0 radical (unpaired) electrons. The fraction of sp³-hybridized carbons (Fsp3) is 0.250. The third kappa shape index (κ3) is 3.48. The zero-order chi connectivity index (χ0) is 17.2. The fourth-order valence-corrected chi connectivity index (χ4v) is 3.33. The van der Waals surface area contributed by atoms with E-state index in [0.29, 0.717) is 12.4 Å². The molecular formula is C20H22ClN3O2. The smallest absolute Gasteiger partial charge is 0.214 e. The van der Waals surface area contributed by atoms with Crippen LogP contribution in [0.3, 0.4) is 0 Å². The third-order valence-corrected chi connectivity index (χ3v) is 4.64. The van der Waals surface area contributed by atoms with Crippen LogP contribution in [0, 0.1) is 0 Å². The maximum Gasteiger partial charge on any atom is 0.214 e. The Labute approximate surface area is 159 Å². The molecule has 5 nitrogen and oxygen atoms in total. The van der Waals surface area contributed by atoms with Crippen molar-refractivity contribution in [1.82, 2.24) is 4.98 Å². The van der Waals surface area contributed by atoms with Gasteiger partial charge >= 0.3 is 0 Å². The van der Waals surface area contributed by atoms with Gasteiger partial charge in [-0.25, -0.2) is 4.98 Å². The summed E-state index contributed by atoms with van der Waals surface area (Å²) in [6.45, 7) is 1.63. The minimum absolute atomic E-state index is 0. The summed E-state index contributed by atoms with van der Waals surface area (Å²) in [7, 11) is 1.66. The second kappa shape index (κ2) is 7.70. The van der Waals surface area contributed by atoms with Gasteiger partial charge in [0, 0.05) is 23.5 Å². The van der Waals surface area contributed by atoms with Crippen LogP contribution in [0.4, 0.5) is 11.4 Å². The van der Waals surface area contributed by atoms with E-state index in [4.69, 9.17) is 14.9 Å². The van der Waals surface area contributed by atoms with Gasteiger partial charge in [0.25, 0.3) is 0 Å². The van der Waals surface area contributed by atoms with Gasteiger partial charge in [-0.1, -0.05) is 6.07 Å². The average molecular weight is 372 g/mol. The number of hydrogen-bond donors (Lipinski definition) is 1. The first-order valence-electron chi connectivity index (χ1n) is 8.46. The molecule has 0 saturated carbocycles. The molecule has 1 aliphatic heterocycles. The number of oxazole rings is 1. The summed E-state index contributed by atoms with van der Waals surface area (Å²) < 4.78 is 11.2. The van der Waals surface area contributed by atoms with Crippen molar-refractivity contribution in [3.63, 3.8) is 0 Å². The van der Waals surface area contributed by atoms with Crippen LogP contribution in [0.5, 0.6) is 5.75 Å². The van der Waals surface area contributed by atoms with E-state index in [-0.39, 0.29) is 12.4 Å². The number of aromatic nitrogens is 1. The van der Waals surface area contributed by atoms with E-state index in [1.807, 2.05) is 36.4 Å². The maximum absolute atomic E-state index is 6.12. The topological polar surface area (TPSA) is 64.5 Å². The van der Waals surface area contributed by atoms with Crippen LogP contribution < -0.4 is 15.4 Å². The molecule has 0 unspecified atom stereocenters. The minimum atomic E-state index is 0. The first kappa shape index (κ1) is 18.1. The molecule has 1 aromatic heterocycles. The normalized spacial score (nSPS) is 13.0. The molecule has 0 amide bonds. The Hall–Kier alpha value is -2.66. The second-order valence-electron chi connectivity index (χ2n) is 6.22. The zero-order valence-corrected chi connectivity index (χ0v) is 15.5. The molecule has 0 spiro atoms. The van der Waals surface area contributed by atoms with Gasteiger partial charge in [0.05, 0.1) is 19.9 Å². The molecule has 4 rings (SSSR count). The first-order chi connectivity index (χ1) is 12.2. The van der Waals surface area contributed by atoms with Gasteiger partial charge in [-0.15, -0.1) is 12.4 Å². The number of ether oxygens (including phenoxy) is 1. The van der Waals surface area contributed by atoms with Crippen LogP contribution in [0.1, 0.15) is 17.9 Å². The van der Waals surface area contributed by atoms with E-state index in [1.54, 1.807) is 13.3 Å². The Kier molecular flexibility index (Phi) is 5.38. The van der Waals surface area contributed by atoms with Crippen molar-refractivity contribution in [2.45, 2.75) is 19.4 Å². The molecule has 3 aromatic rings. The number of nitrogens with zero attached hydrogens (tertiary/aromatic N) is 2. The lowest BCUT2D eigenvalue weighted by Gasteiger charge is -2.30. The Morgan fingerprint density at radius 1 is 1.19 bits per heavy atom. The highest BCUT2D eigenvalue weighted by Gasteiger charge is 2.20. The molecule has 0 fully saturated rings. The maximum atomic E-state index is 6.12. The quantitative estimate of drug-likeness (QED) is 0.692. The van der Waals surface area contributed by atoms with E-state index in [0.717, 1.165) is 42.1 Å². The van der Waals surface area contributed by atoms with E-state index in [1.165, 1.54) is 11.3 Å². The average Bonchev–Trinajstić information content (AvgIpc) is 3.11. The molecule has 2 aromatic carbocycles. The van der Waals surface area contributed by atoms with Gasteiger partial charge in [-0.2, -0.15) is 0 Å². The van der Waals surface area contributed by atoms with E-state index >= 15 is 0 Å². The molecule has 6 heteroatoms. The Morgan fingerprint density at radius 2 is 2.00 bits per heavy atom. The van der Waals surface area contributed by atoms with Crippen LogP contribution in [-0.2, 0) is 13.0 Å². The van der Waals surface area contributed by atoms with Gasteiger partial charge in [-0.3, -0.25) is 0 Å². The van der Waals surface area contributed by atoms with Crippen LogP contribution >= 0.6 is 12.4 Å². The lowest BCUT2D eigenvalue weighted by molar-refractivity contribution is 0.415. The number of anilines is 2. The fourth-order valence-electron chi connectivity index (χ4n) is 3.33. The molecule has 0 bridgehead atoms. The monoisotopic (exact) mass is 371 g/mol. The van der Waals surface area contributed by atoms with E-state index in [2.05, 4.69) is 16.0 Å². The molecule has 2 N–H and O–H groups in total. The Bertz CT molecular complexity index is 877. The molecule has 26 heavy (non-hydrogen) atoms. The predicted molar refractivity (Wildman–Crippen MR) is 106 cm³/mol. The third-order valence-electron chi connectivity index (χ3n) is 4.64. The Balaban J connectivity index is 0.00000196. The summed E-state index contributed by atoms with van der Waals surface area (Å²) in [5, 5.41) is 0. The van der Waals surface area contributed by atoms with Gasteiger partial charge in [0.2, 0.25) is 5.89 Å². The lowest BCUT2D eigenvalue weighted by Crippen LogP contribution is -2.29. The molecular weight excluding hydrogens is 350 g/mol. The Morgan fingerprint density at radius 3 is 2.77 bits per heavy atom. The molecule has 1 aliphatic rings. The molecule has 136 valence electrons. The summed E-state index contributed by atoms with van der Waals surface area (Å²) in [6, 6.07) is 13.9. The highest BCUT2D eigenvalue weighted by Crippen LogP contribution is 2.32. The number of benzene rings is 2. The predicted octanol–water partition coefficient (Wildman–Crippen LogP) is 4.31. The highest BCUT2D eigenvalue weighted by atomic mass is 35.5. The summed E-state index contributed by atoms with van der Waals surface area (Å²) in [5.74, 6) is 2.30. The summed E-state index contributed by atoms with van der Waals surface area (Å²) in [4.78, 5) is 6.74. The number of hydrogen-bond acceptors (Lipinski definition) is 5. The van der Waals surface area contributed by atoms with Crippen molar-refractivity contribution in [2.75, 3.05) is 24.3 Å². The molecule has 2 heterocycles. The zero-order valence-electron chi connectivity index (χ0n) is 14.6. The summed E-state index contributed by atoms with van der Waals surface area (Å²) in [5.41, 5.74) is 10.4. The number of methoxy groups -OCH3 is 1. The standard InChI is InChI=1S/C20H21N3O2.ClH/c1-24-15-9-7-14(8-10-15)19-12-22-20(25-19)13-23-11-3-4-16-17(21)5-2-6-18(16)23;/h2,5-10,12H,3-4,11,13,21H2,1H3;1H. The van der Waals surface area contributed by atoms with Crippen molar-refractivity contribution >= 4 is 23.8 Å². The largest absolute Gasteiger partial charge is 0.497 e. The van der Waals surface area contributed by atoms with Gasteiger partial charge < -0.3 is 19.8 Å². The molecule has 0 saturated heterocycles. The number of nitrogen functional groups attached to an aromatic ring is 1. The van der Waals surface area contributed by atoms with E-state index in [9.17, 15) is 0 Å². The van der Waals surface area contributed by atoms with Crippen molar-refractivity contribution < 1.29 is 9.15 Å². The van der Waals surface area contributed by atoms with Crippen molar-refractivity contribution in [3.05, 3.63) is 60.1 Å². The molecule has 0 atom stereocenters. The molecule has 0 aliphatic carbocycles. The number of nitrogens with two attached hydrogens (primary N) is 1. The van der Waals surface area contributed by atoms with Gasteiger partial charge in [-0.05, 0) is 54.8 Å². The summed E-state index contributed by atoms with van der Waals surface area (Å²) in [6.07, 6.45) is 3.90. The second-order valence-corrected chi connectivity index (χ2v) is 6.22. The van der Waals surface area contributed by atoms with Crippen molar-refractivity contribution in [2.24, 2.45) is 0 Å². The van der Waals surface area contributed by atoms with Crippen LogP contribution in [0.15, 0.2) is 53.1 Å².